The second-order valence-corrected chi connectivity index (χ2v) is 10.7. The van der Waals surface area contributed by atoms with Crippen molar-refractivity contribution >= 4 is 15.9 Å². The Bertz CT molecular complexity index is 1290. The summed E-state index contributed by atoms with van der Waals surface area (Å²) in [4.78, 5) is 12.4. The first kappa shape index (κ1) is 24.5. The highest BCUT2D eigenvalue weighted by Crippen LogP contribution is 2.34. The Morgan fingerprint density at radius 2 is 1.61 bits per heavy atom. The van der Waals surface area contributed by atoms with E-state index in [2.05, 4.69) is 0 Å². The molecule has 2 N–H and O–H groups in total. The summed E-state index contributed by atoms with van der Waals surface area (Å²) in [7, 11) is -4.29. The average Bonchev–Trinajstić information content (AvgIpc) is 2.73. The van der Waals surface area contributed by atoms with Gasteiger partial charge in [0.05, 0.1) is 10.5 Å². The first-order valence-electron chi connectivity index (χ1n) is 10.5. The Morgan fingerprint density at radius 1 is 0.970 bits per heavy atom. The van der Waals surface area contributed by atoms with E-state index in [-0.39, 0.29) is 34.0 Å². The smallest absolute Gasteiger partial charge is 0.294 e. The summed E-state index contributed by atoms with van der Waals surface area (Å²) in [5.74, 6) is 0.283. The van der Waals surface area contributed by atoms with Gasteiger partial charge in [0, 0.05) is 12.0 Å². The van der Waals surface area contributed by atoms with Crippen molar-refractivity contribution in [2.24, 2.45) is 5.41 Å². The molecule has 0 amide bonds. The number of hydrogen-bond acceptors (Lipinski definition) is 5. The number of rotatable bonds is 7. The van der Waals surface area contributed by atoms with Crippen LogP contribution in [0.4, 0.5) is 0 Å². The molecule has 0 aromatic heterocycles. The Kier molecular flexibility index (Phi) is 6.95. The molecule has 0 bridgehead atoms. The molecule has 6 nitrogen and oxygen atoms in total. The zero-order valence-corrected chi connectivity index (χ0v) is 19.9. The van der Waals surface area contributed by atoms with Crippen molar-refractivity contribution < 1.29 is 27.6 Å². The molecule has 0 fully saturated rings. The van der Waals surface area contributed by atoms with Gasteiger partial charge in [-0.2, -0.15) is 8.42 Å². The summed E-state index contributed by atoms with van der Waals surface area (Å²) < 4.78 is 38.1. The number of ketones is 1. The van der Waals surface area contributed by atoms with Gasteiger partial charge in [0.1, 0.15) is 18.1 Å². The molecule has 0 radical (unpaired) electrons. The van der Waals surface area contributed by atoms with Gasteiger partial charge in [-0.25, -0.2) is 0 Å². The molecule has 7 heteroatoms. The van der Waals surface area contributed by atoms with Gasteiger partial charge < -0.3 is 9.84 Å². The maximum atomic E-state index is 12.5. The third kappa shape index (κ3) is 6.21. The second-order valence-electron chi connectivity index (χ2n) is 9.24. The number of ether oxygens (including phenoxy) is 1. The van der Waals surface area contributed by atoms with Gasteiger partial charge in [-0.1, -0.05) is 51.1 Å². The minimum Gasteiger partial charge on any atom is -0.507 e. The fourth-order valence-electron chi connectivity index (χ4n) is 3.48. The molecule has 0 saturated heterocycles. The monoisotopic (exact) mass is 468 g/mol. The fourth-order valence-corrected chi connectivity index (χ4v) is 4.00. The maximum absolute atomic E-state index is 12.5. The molecule has 3 aromatic carbocycles. The van der Waals surface area contributed by atoms with E-state index in [0.717, 1.165) is 11.1 Å². The predicted octanol–water partition coefficient (Wildman–Crippen LogP) is 5.81. The van der Waals surface area contributed by atoms with Crippen molar-refractivity contribution in [3.05, 3.63) is 77.4 Å². The minimum absolute atomic E-state index is 0.0717. The molecule has 33 heavy (non-hydrogen) atoms. The van der Waals surface area contributed by atoms with Crippen molar-refractivity contribution in [1.29, 1.82) is 0 Å². The van der Waals surface area contributed by atoms with Gasteiger partial charge >= 0.3 is 0 Å². The van der Waals surface area contributed by atoms with Crippen LogP contribution in [-0.2, 0) is 16.7 Å². The Labute approximate surface area is 194 Å². The number of carbonyl (C=O) groups excluding carboxylic acids is 1. The lowest BCUT2D eigenvalue weighted by atomic mass is 9.87. The van der Waals surface area contributed by atoms with Crippen LogP contribution in [0.5, 0.6) is 11.5 Å². The molecule has 0 aliphatic rings. The number of Topliss-reactive ketones (excluding diaryl/α,β-unsaturated/α-hetero) is 1. The maximum Gasteiger partial charge on any atom is 0.294 e. The Morgan fingerprint density at radius 3 is 2.24 bits per heavy atom. The lowest BCUT2D eigenvalue weighted by Crippen LogP contribution is -2.13. The van der Waals surface area contributed by atoms with E-state index in [1.807, 2.05) is 45.0 Å². The van der Waals surface area contributed by atoms with Crippen molar-refractivity contribution in [3.8, 4) is 22.6 Å². The number of carbonyl (C=O) groups is 1. The van der Waals surface area contributed by atoms with Crippen molar-refractivity contribution in [3.63, 3.8) is 0 Å². The molecule has 0 unspecified atom stereocenters. The van der Waals surface area contributed by atoms with Crippen LogP contribution < -0.4 is 4.74 Å². The summed E-state index contributed by atoms with van der Waals surface area (Å²) >= 11 is 0. The summed E-state index contributed by atoms with van der Waals surface area (Å²) in [5, 5.41) is 10.6. The van der Waals surface area contributed by atoms with Crippen molar-refractivity contribution in [2.45, 2.75) is 45.6 Å². The highest BCUT2D eigenvalue weighted by molar-refractivity contribution is 7.85. The van der Waals surface area contributed by atoms with Gasteiger partial charge in [-0.05, 0) is 59.4 Å². The average molecular weight is 469 g/mol. The van der Waals surface area contributed by atoms with E-state index >= 15 is 0 Å². The number of benzene rings is 3. The van der Waals surface area contributed by atoms with Crippen LogP contribution in [-0.4, -0.2) is 23.9 Å². The summed E-state index contributed by atoms with van der Waals surface area (Å²) in [6, 6.07) is 16.7. The Balaban J connectivity index is 1.79. The van der Waals surface area contributed by atoms with Gasteiger partial charge in [0.2, 0.25) is 0 Å². The largest absolute Gasteiger partial charge is 0.507 e. The number of phenolic OH excluding ortho intramolecular Hbond substituents is 1. The molecular formula is C26H28O6S. The van der Waals surface area contributed by atoms with E-state index in [4.69, 9.17) is 4.74 Å². The summed E-state index contributed by atoms with van der Waals surface area (Å²) in [6.45, 7) is 7.83. The van der Waals surface area contributed by atoms with Crippen molar-refractivity contribution in [2.75, 3.05) is 0 Å². The Hall–Kier alpha value is -3.16. The zero-order chi connectivity index (χ0) is 24.4. The SMILES string of the molecule is Cc1c(OCc2cccc(-c3cccc(S(=O)(=O)O)c3)c2)ccc(C(=O)CC(C)(C)C)c1O. The molecule has 174 valence electrons. The van der Waals surface area contributed by atoms with Crippen LogP contribution in [0.25, 0.3) is 11.1 Å². The third-order valence-electron chi connectivity index (χ3n) is 5.16. The van der Waals surface area contributed by atoms with Crippen LogP contribution in [0.3, 0.4) is 0 Å². The molecule has 0 saturated carbocycles. The van der Waals surface area contributed by atoms with Gasteiger partial charge in [-0.15, -0.1) is 0 Å². The van der Waals surface area contributed by atoms with E-state index in [1.54, 1.807) is 31.2 Å². The topological polar surface area (TPSA) is 101 Å². The highest BCUT2D eigenvalue weighted by Gasteiger charge is 2.21. The van der Waals surface area contributed by atoms with Gasteiger partial charge in [-0.3, -0.25) is 9.35 Å². The van der Waals surface area contributed by atoms with E-state index in [0.29, 0.717) is 23.3 Å². The quantitative estimate of drug-likeness (QED) is 0.335. The normalized spacial score (nSPS) is 11.9. The first-order chi connectivity index (χ1) is 15.3. The van der Waals surface area contributed by atoms with Crippen LogP contribution >= 0.6 is 0 Å². The van der Waals surface area contributed by atoms with E-state index < -0.39 is 10.1 Å². The predicted molar refractivity (Wildman–Crippen MR) is 127 cm³/mol. The molecule has 0 heterocycles. The van der Waals surface area contributed by atoms with Crippen LogP contribution in [0.15, 0.2) is 65.6 Å². The summed E-state index contributed by atoms with van der Waals surface area (Å²) in [6.07, 6.45) is 0.325. The second kappa shape index (κ2) is 9.37. The molecular weight excluding hydrogens is 440 g/mol. The summed E-state index contributed by atoms with van der Waals surface area (Å²) in [5.41, 5.74) is 2.84. The minimum atomic E-state index is -4.29. The lowest BCUT2D eigenvalue weighted by Gasteiger charge is -2.18. The van der Waals surface area contributed by atoms with Crippen LogP contribution in [0, 0.1) is 12.3 Å². The molecule has 3 aromatic rings. The lowest BCUT2D eigenvalue weighted by molar-refractivity contribution is 0.0937. The van der Waals surface area contributed by atoms with Crippen LogP contribution in [0.2, 0.25) is 0 Å². The standard InChI is InChI=1S/C26H28O6S/c1-17-24(12-11-22(25(17)28)23(27)15-26(2,3)4)32-16-18-7-5-8-19(13-18)20-9-6-10-21(14-20)33(29,30)31/h5-14,28H,15-16H2,1-4H3,(H,29,30,31). The molecule has 0 spiro atoms. The van der Waals surface area contributed by atoms with Crippen LogP contribution in [0.1, 0.15) is 48.7 Å². The number of hydrogen-bond donors (Lipinski definition) is 2. The zero-order valence-electron chi connectivity index (χ0n) is 19.1. The van der Waals surface area contributed by atoms with Gasteiger partial charge in [0.15, 0.2) is 5.78 Å². The van der Waals surface area contributed by atoms with Gasteiger partial charge in [0.25, 0.3) is 10.1 Å². The van der Waals surface area contributed by atoms with Crippen molar-refractivity contribution in [1.82, 2.24) is 0 Å². The number of phenols is 1. The fraction of sp³-hybridized carbons (Fsp3) is 0.269. The molecule has 0 aliphatic carbocycles. The van der Waals surface area contributed by atoms with E-state index in [1.165, 1.54) is 12.1 Å². The molecule has 3 rings (SSSR count). The molecule has 0 atom stereocenters. The first-order valence-corrected chi connectivity index (χ1v) is 11.9. The third-order valence-corrected chi connectivity index (χ3v) is 6.01. The number of aromatic hydroxyl groups is 1. The highest BCUT2D eigenvalue weighted by atomic mass is 32.2. The van der Waals surface area contributed by atoms with E-state index in [9.17, 15) is 22.9 Å². The molecule has 0 aliphatic heterocycles.